The van der Waals surface area contributed by atoms with Crippen LogP contribution in [0.1, 0.15) is 33.8 Å². The molecule has 9 heteroatoms. The van der Waals surface area contributed by atoms with Crippen molar-refractivity contribution in [3.63, 3.8) is 0 Å². The van der Waals surface area contributed by atoms with Gasteiger partial charge in [0, 0.05) is 36.9 Å². The predicted octanol–water partition coefficient (Wildman–Crippen LogP) is 2.81. The van der Waals surface area contributed by atoms with Gasteiger partial charge in [0.2, 0.25) is 17.6 Å². The first-order valence-corrected chi connectivity index (χ1v) is 10.7. The summed E-state index contributed by atoms with van der Waals surface area (Å²) in [5.41, 5.74) is 1.35. The maximum absolute atomic E-state index is 13.2. The minimum Gasteiger partial charge on any atom is -0.449 e. The van der Waals surface area contributed by atoms with Crippen molar-refractivity contribution in [2.75, 3.05) is 36.5 Å². The van der Waals surface area contributed by atoms with Crippen LogP contribution in [0.5, 0.6) is 0 Å². The second kappa shape index (κ2) is 8.51. The summed E-state index contributed by atoms with van der Waals surface area (Å²) in [6, 6.07) is 13.4. The Morgan fingerprint density at radius 1 is 0.909 bits per heavy atom. The van der Waals surface area contributed by atoms with Crippen LogP contribution < -0.4 is 10.2 Å². The molecule has 1 aromatic heterocycles. The molecule has 168 valence electrons. The smallest absolute Gasteiger partial charge is 0.291 e. The first-order chi connectivity index (χ1) is 16.0. The van der Waals surface area contributed by atoms with E-state index in [1.54, 1.807) is 47.4 Å². The highest BCUT2D eigenvalue weighted by Gasteiger charge is 2.31. The summed E-state index contributed by atoms with van der Waals surface area (Å²) in [7, 11) is 0. The Hall–Kier alpha value is -3.98. The first kappa shape index (κ1) is 20.9. The van der Waals surface area contributed by atoms with E-state index in [0.29, 0.717) is 43.0 Å². The average molecular weight is 447 g/mol. The third-order valence-corrected chi connectivity index (χ3v) is 5.74. The molecule has 0 aliphatic carbocycles. The van der Waals surface area contributed by atoms with Crippen LogP contribution in [-0.2, 0) is 14.3 Å². The number of hydrogen-bond acceptors (Lipinski definition) is 6. The highest BCUT2D eigenvalue weighted by Crippen LogP contribution is 2.33. The van der Waals surface area contributed by atoms with Crippen LogP contribution in [0.15, 0.2) is 52.9 Å². The fourth-order valence-corrected chi connectivity index (χ4v) is 4.07. The molecule has 0 spiro atoms. The molecule has 2 aliphatic heterocycles. The molecule has 2 aromatic carbocycles. The maximum Gasteiger partial charge on any atom is 0.291 e. The van der Waals surface area contributed by atoms with Gasteiger partial charge in [-0.2, -0.15) is 0 Å². The molecular formula is C24H21N3O6. The molecule has 0 bridgehead atoms. The topological polar surface area (TPSA) is 109 Å². The number of carbonyl (C=O) groups is 4. The van der Waals surface area contributed by atoms with Crippen molar-refractivity contribution in [1.29, 1.82) is 0 Å². The van der Waals surface area contributed by atoms with Crippen molar-refractivity contribution in [2.24, 2.45) is 0 Å². The van der Waals surface area contributed by atoms with Crippen LogP contribution in [0.3, 0.4) is 0 Å². The molecule has 1 N–H and O–H groups in total. The van der Waals surface area contributed by atoms with Gasteiger partial charge in [0.1, 0.15) is 11.3 Å². The molecule has 5 rings (SSSR count). The Morgan fingerprint density at radius 2 is 1.64 bits per heavy atom. The quantitative estimate of drug-likeness (QED) is 0.616. The van der Waals surface area contributed by atoms with Crippen molar-refractivity contribution in [1.82, 2.24) is 4.90 Å². The number of para-hydroxylation sites is 1. The number of furan rings is 1. The van der Waals surface area contributed by atoms with Gasteiger partial charge in [0.25, 0.3) is 11.8 Å². The number of imide groups is 1. The summed E-state index contributed by atoms with van der Waals surface area (Å²) in [6.07, 6.45) is 0.312. The lowest BCUT2D eigenvalue weighted by atomic mass is 10.1. The number of carbonyl (C=O) groups excluding carboxylic acids is 4. The van der Waals surface area contributed by atoms with Crippen molar-refractivity contribution in [2.45, 2.75) is 12.8 Å². The van der Waals surface area contributed by atoms with Crippen LogP contribution in [-0.4, -0.2) is 54.8 Å². The van der Waals surface area contributed by atoms with E-state index in [1.165, 1.54) is 6.07 Å². The number of rotatable bonds is 4. The molecule has 33 heavy (non-hydrogen) atoms. The van der Waals surface area contributed by atoms with Crippen molar-refractivity contribution < 1.29 is 28.3 Å². The Kier molecular flexibility index (Phi) is 5.39. The summed E-state index contributed by atoms with van der Waals surface area (Å²) in [6.45, 7) is 1.75. The highest BCUT2D eigenvalue weighted by molar-refractivity contribution is 6.20. The van der Waals surface area contributed by atoms with Crippen LogP contribution >= 0.6 is 0 Å². The zero-order valence-electron chi connectivity index (χ0n) is 17.7. The zero-order valence-corrected chi connectivity index (χ0v) is 17.7. The van der Waals surface area contributed by atoms with Gasteiger partial charge in [-0.15, -0.1) is 0 Å². The van der Waals surface area contributed by atoms with Crippen molar-refractivity contribution in [3.8, 4) is 0 Å². The fourth-order valence-electron chi connectivity index (χ4n) is 4.07. The lowest BCUT2D eigenvalue weighted by Gasteiger charge is -2.26. The maximum atomic E-state index is 13.2. The lowest BCUT2D eigenvalue weighted by molar-refractivity contribution is -0.121. The van der Waals surface area contributed by atoms with Gasteiger partial charge in [-0.05, 0) is 30.3 Å². The van der Waals surface area contributed by atoms with E-state index in [2.05, 4.69) is 5.32 Å². The Balaban J connectivity index is 1.47. The number of anilines is 2. The number of hydrogen-bond donors (Lipinski definition) is 1. The number of morpholine rings is 1. The summed E-state index contributed by atoms with van der Waals surface area (Å²) >= 11 is 0. The van der Waals surface area contributed by atoms with Crippen LogP contribution in [0, 0.1) is 0 Å². The number of nitrogens with one attached hydrogen (secondary N) is 1. The Labute approximate surface area is 188 Å². The number of benzene rings is 2. The van der Waals surface area contributed by atoms with Gasteiger partial charge in [-0.3, -0.25) is 24.1 Å². The van der Waals surface area contributed by atoms with Gasteiger partial charge in [0.15, 0.2) is 0 Å². The van der Waals surface area contributed by atoms with Crippen LogP contribution in [0.25, 0.3) is 11.0 Å². The molecular weight excluding hydrogens is 426 g/mol. The standard InChI is InChI=1S/C24H21N3O6/c28-19-8-9-20(29)27(19)16-5-3-4-15(14-16)23(30)25-21-17-6-1-2-7-18(17)33-22(21)24(31)26-10-12-32-13-11-26/h1-7,14H,8-13H2,(H,25,30). The molecule has 9 nitrogen and oxygen atoms in total. The summed E-state index contributed by atoms with van der Waals surface area (Å²) in [5.74, 6) is -1.36. The van der Waals surface area contributed by atoms with E-state index in [0.717, 1.165) is 4.90 Å². The average Bonchev–Trinajstić information content (AvgIpc) is 3.38. The minimum absolute atomic E-state index is 0.0486. The van der Waals surface area contributed by atoms with E-state index in [-0.39, 0.29) is 47.6 Å². The second-order valence-electron chi connectivity index (χ2n) is 7.83. The van der Waals surface area contributed by atoms with Gasteiger partial charge in [0.05, 0.1) is 18.9 Å². The van der Waals surface area contributed by atoms with Crippen LogP contribution in [0.4, 0.5) is 11.4 Å². The van der Waals surface area contributed by atoms with E-state index in [9.17, 15) is 19.2 Å². The largest absolute Gasteiger partial charge is 0.449 e. The highest BCUT2D eigenvalue weighted by atomic mass is 16.5. The fraction of sp³-hybridized carbons (Fsp3) is 0.250. The lowest BCUT2D eigenvalue weighted by Crippen LogP contribution is -2.40. The van der Waals surface area contributed by atoms with Gasteiger partial charge < -0.3 is 19.4 Å². The van der Waals surface area contributed by atoms with E-state index < -0.39 is 5.91 Å². The molecule has 0 saturated carbocycles. The molecule has 2 fully saturated rings. The van der Waals surface area contributed by atoms with Gasteiger partial charge in [-0.1, -0.05) is 18.2 Å². The van der Waals surface area contributed by atoms with E-state index in [1.807, 2.05) is 0 Å². The normalized spacial score (nSPS) is 16.5. The van der Waals surface area contributed by atoms with E-state index in [4.69, 9.17) is 9.15 Å². The van der Waals surface area contributed by atoms with Crippen molar-refractivity contribution in [3.05, 3.63) is 59.9 Å². The van der Waals surface area contributed by atoms with E-state index >= 15 is 0 Å². The van der Waals surface area contributed by atoms with Gasteiger partial charge in [-0.25, -0.2) is 0 Å². The molecule has 4 amide bonds. The summed E-state index contributed by atoms with van der Waals surface area (Å²) in [4.78, 5) is 53.2. The number of nitrogens with zero attached hydrogens (tertiary/aromatic N) is 2. The SMILES string of the molecule is O=C(Nc1c(C(=O)N2CCOCC2)oc2ccccc12)c1cccc(N2C(=O)CCC2=O)c1. The third kappa shape index (κ3) is 3.87. The summed E-state index contributed by atoms with van der Waals surface area (Å²) < 4.78 is 11.2. The first-order valence-electron chi connectivity index (χ1n) is 10.7. The number of fused-ring (bicyclic) bond motifs is 1. The van der Waals surface area contributed by atoms with Crippen molar-refractivity contribution >= 4 is 46.0 Å². The zero-order chi connectivity index (χ0) is 22.9. The van der Waals surface area contributed by atoms with Crippen LogP contribution in [0.2, 0.25) is 0 Å². The Morgan fingerprint density at radius 3 is 2.39 bits per heavy atom. The predicted molar refractivity (Wildman–Crippen MR) is 119 cm³/mol. The molecule has 2 saturated heterocycles. The minimum atomic E-state index is -0.487. The van der Waals surface area contributed by atoms with Gasteiger partial charge >= 0.3 is 0 Å². The molecule has 0 unspecified atom stereocenters. The summed E-state index contributed by atoms with van der Waals surface area (Å²) in [5, 5.41) is 3.41. The molecule has 3 heterocycles. The third-order valence-electron chi connectivity index (χ3n) is 5.74. The number of ether oxygens (including phenoxy) is 1. The molecule has 0 atom stereocenters. The molecule has 0 radical (unpaired) electrons. The Bertz CT molecular complexity index is 1260. The molecule has 3 aromatic rings. The monoisotopic (exact) mass is 447 g/mol. The number of amides is 4. The second-order valence-corrected chi connectivity index (χ2v) is 7.83. The molecule has 2 aliphatic rings.